The minimum atomic E-state index is -0.298. The quantitative estimate of drug-likeness (QED) is 0.539. The fourth-order valence-electron chi connectivity index (χ4n) is 1.48. The number of nitrogens with zero attached hydrogens (tertiary/aromatic N) is 3. The van der Waals surface area contributed by atoms with Crippen LogP contribution in [0.2, 0.25) is 0 Å². The molecule has 0 N–H and O–H groups in total. The number of hydrogen-bond acceptors (Lipinski definition) is 3. The fraction of sp³-hybridized carbons (Fsp3) is 0.692. The van der Waals surface area contributed by atoms with Crippen molar-refractivity contribution in [3.63, 3.8) is 0 Å². The number of rotatable bonds is 7. The predicted octanol–water partition coefficient (Wildman–Crippen LogP) is 2.79. The van der Waals surface area contributed by atoms with Gasteiger partial charge in [0.2, 0.25) is 6.23 Å². The molecule has 1 aromatic heterocycles. The fourth-order valence-corrected chi connectivity index (χ4v) is 1.48. The van der Waals surface area contributed by atoms with E-state index in [1.165, 1.54) is 25.6 Å². The van der Waals surface area contributed by atoms with Crippen molar-refractivity contribution < 1.29 is 4.74 Å². The molecule has 0 radical (unpaired) electrons. The standard InChI is InChI=1S/C13H21N3O/c1-3-5-6-7-8-9-10-13(17-4-2)16-12-14-11-15-16/h11-13H,3-8H2,1-2H3. The lowest BCUT2D eigenvalue weighted by atomic mass is 10.2. The summed E-state index contributed by atoms with van der Waals surface area (Å²) in [6.45, 7) is 4.78. The van der Waals surface area contributed by atoms with Gasteiger partial charge in [0, 0.05) is 13.0 Å². The Labute approximate surface area is 103 Å². The van der Waals surface area contributed by atoms with Gasteiger partial charge in [-0.25, -0.2) is 9.67 Å². The molecule has 1 unspecified atom stereocenters. The molecule has 1 aromatic rings. The number of unbranched alkanes of at least 4 members (excludes halogenated alkanes) is 4. The Balaban J connectivity index is 2.36. The highest BCUT2D eigenvalue weighted by molar-refractivity contribution is 5.02. The normalized spacial score (nSPS) is 11.9. The predicted molar refractivity (Wildman–Crippen MR) is 67.2 cm³/mol. The van der Waals surface area contributed by atoms with Gasteiger partial charge in [0.05, 0.1) is 0 Å². The summed E-state index contributed by atoms with van der Waals surface area (Å²) in [7, 11) is 0. The van der Waals surface area contributed by atoms with Crippen molar-refractivity contribution in [1.29, 1.82) is 0 Å². The lowest BCUT2D eigenvalue weighted by molar-refractivity contribution is 0.0449. The molecule has 17 heavy (non-hydrogen) atoms. The van der Waals surface area contributed by atoms with E-state index in [-0.39, 0.29) is 6.23 Å². The van der Waals surface area contributed by atoms with Gasteiger partial charge in [0.15, 0.2) is 0 Å². The van der Waals surface area contributed by atoms with Crippen molar-refractivity contribution in [3.05, 3.63) is 12.7 Å². The zero-order valence-corrected chi connectivity index (χ0v) is 10.7. The maximum Gasteiger partial charge on any atom is 0.214 e. The molecule has 0 fully saturated rings. The minimum Gasteiger partial charge on any atom is -0.346 e. The van der Waals surface area contributed by atoms with Crippen LogP contribution in [0.3, 0.4) is 0 Å². The number of aromatic nitrogens is 3. The summed E-state index contributed by atoms with van der Waals surface area (Å²) in [6, 6.07) is 0. The van der Waals surface area contributed by atoms with E-state index in [4.69, 9.17) is 4.74 Å². The topological polar surface area (TPSA) is 39.9 Å². The SMILES string of the molecule is CCCCCCC#CC(OCC)n1cncn1. The van der Waals surface area contributed by atoms with Crippen molar-refractivity contribution in [1.82, 2.24) is 14.8 Å². The molecule has 0 bridgehead atoms. The molecule has 0 aliphatic carbocycles. The maximum atomic E-state index is 5.50. The van der Waals surface area contributed by atoms with Crippen LogP contribution < -0.4 is 0 Å². The summed E-state index contributed by atoms with van der Waals surface area (Å²) in [5.41, 5.74) is 0. The van der Waals surface area contributed by atoms with E-state index >= 15 is 0 Å². The lowest BCUT2D eigenvalue weighted by Gasteiger charge is -2.09. The second kappa shape index (κ2) is 8.77. The average molecular weight is 235 g/mol. The van der Waals surface area contributed by atoms with E-state index in [2.05, 4.69) is 28.8 Å². The summed E-state index contributed by atoms with van der Waals surface area (Å²) in [4.78, 5) is 3.90. The molecule has 0 aliphatic rings. The average Bonchev–Trinajstić information content (AvgIpc) is 2.86. The minimum absolute atomic E-state index is 0.298. The third-order valence-electron chi connectivity index (χ3n) is 2.38. The molecule has 0 aromatic carbocycles. The Kier molecular flexibility index (Phi) is 7.08. The molecule has 94 valence electrons. The summed E-state index contributed by atoms with van der Waals surface area (Å²) in [5.74, 6) is 6.24. The van der Waals surface area contributed by atoms with Crippen LogP contribution in [-0.4, -0.2) is 21.4 Å². The van der Waals surface area contributed by atoms with Crippen LogP contribution in [0, 0.1) is 11.8 Å². The molecule has 0 aliphatic heterocycles. The largest absolute Gasteiger partial charge is 0.346 e. The summed E-state index contributed by atoms with van der Waals surface area (Å²) < 4.78 is 7.14. The molecule has 1 rings (SSSR count). The molecular weight excluding hydrogens is 214 g/mol. The molecule has 0 spiro atoms. The van der Waals surface area contributed by atoms with Gasteiger partial charge in [-0.3, -0.25) is 0 Å². The Morgan fingerprint density at radius 3 is 2.82 bits per heavy atom. The Bertz CT molecular complexity index is 337. The first kappa shape index (κ1) is 13.7. The van der Waals surface area contributed by atoms with E-state index in [0.717, 1.165) is 12.8 Å². The molecule has 0 saturated heterocycles. The van der Waals surface area contributed by atoms with Crippen molar-refractivity contribution >= 4 is 0 Å². The summed E-state index contributed by atoms with van der Waals surface area (Å²) >= 11 is 0. The Morgan fingerprint density at radius 1 is 1.29 bits per heavy atom. The third-order valence-corrected chi connectivity index (χ3v) is 2.38. The maximum absolute atomic E-state index is 5.50. The molecule has 1 atom stereocenters. The van der Waals surface area contributed by atoms with Crippen LogP contribution in [0.25, 0.3) is 0 Å². The Morgan fingerprint density at radius 2 is 2.18 bits per heavy atom. The third kappa shape index (κ3) is 5.50. The highest BCUT2D eigenvalue weighted by Gasteiger charge is 2.06. The molecular formula is C13H21N3O. The van der Waals surface area contributed by atoms with E-state index in [1.807, 2.05) is 6.92 Å². The lowest BCUT2D eigenvalue weighted by Crippen LogP contribution is -2.11. The van der Waals surface area contributed by atoms with Crippen molar-refractivity contribution in [2.45, 2.75) is 52.2 Å². The second-order valence-electron chi connectivity index (χ2n) is 3.81. The van der Waals surface area contributed by atoms with Crippen LogP contribution in [0.1, 0.15) is 52.2 Å². The van der Waals surface area contributed by atoms with Gasteiger partial charge in [0.1, 0.15) is 12.7 Å². The first-order chi connectivity index (χ1) is 8.38. The van der Waals surface area contributed by atoms with Crippen LogP contribution in [0.5, 0.6) is 0 Å². The van der Waals surface area contributed by atoms with Crippen molar-refractivity contribution in [3.8, 4) is 11.8 Å². The molecule has 0 saturated carbocycles. The number of ether oxygens (including phenoxy) is 1. The monoisotopic (exact) mass is 235 g/mol. The zero-order chi connectivity index (χ0) is 12.3. The molecule has 4 nitrogen and oxygen atoms in total. The first-order valence-electron chi connectivity index (χ1n) is 6.32. The van der Waals surface area contributed by atoms with E-state index in [0.29, 0.717) is 6.61 Å². The van der Waals surface area contributed by atoms with Crippen molar-refractivity contribution in [2.24, 2.45) is 0 Å². The van der Waals surface area contributed by atoms with E-state index in [1.54, 1.807) is 11.0 Å². The first-order valence-corrected chi connectivity index (χ1v) is 6.32. The number of hydrogen-bond donors (Lipinski definition) is 0. The Hall–Kier alpha value is -1.34. The van der Waals surface area contributed by atoms with Gasteiger partial charge >= 0.3 is 0 Å². The highest BCUT2D eigenvalue weighted by Crippen LogP contribution is 2.05. The van der Waals surface area contributed by atoms with E-state index < -0.39 is 0 Å². The molecule has 4 heteroatoms. The molecule has 1 heterocycles. The summed E-state index contributed by atoms with van der Waals surface area (Å²) in [6.07, 6.45) is 8.73. The van der Waals surface area contributed by atoms with Crippen molar-refractivity contribution in [2.75, 3.05) is 6.61 Å². The van der Waals surface area contributed by atoms with Gasteiger partial charge in [-0.1, -0.05) is 32.1 Å². The molecule has 0 amide bonds. The van der Waals surface area contributed by atoms with E-state index in [9.17, 15) is 0 Å². The van der Waals surface area contributed by atoms with Gasteiger partial charge in [-0.2, -0.15) is 5.10 Å². The van der Waals surface area contributed by atoms with Crippen LogP contribution in [-0.2, 0) is 4.74 Å². The van der Waals surface area contributed by atoms with Crippen LogP contribution in [0.15, 0.2) is 12.7 Å². The van der Waals surface area contributed by atoms with Crippen LogP contribution >= 0.6 is 0 Å². The smallest absolute Gasteiger partial charge is 0.214 e. The summed E-state index contributed by atoms with van der Waals surface area (Å²) in [5, 5.41) is 4.04. The van der Waals surface area contributed by atoms with Crippen LogP contribution in [0.4, 0.5) is 0 Å². The van der Waals surface area contributed by atoms with Gasteiger partial charge < -0.3 is 4.74 Å². The van der Waals surface area contributed by atoms with Gasteiger partial charge in [-0.15, -0.1) is 0 Å². The zero-order valence-electron chi connectivity index (χ0n) is 10.7. The second-order valence-corrected chi connectivity index (χ2v) is 3.81. The van der Waals surface area contributed by atoms with Gasteiger partial charge in [-0.05, 0) is 19.3 Å². The highest BCUT2D eigenvalue weighted by atomic mass is 16.5. The van der Waals surface area contributed by atoms with Gasteiger partial charge in [0.25, 0.3) is 0 Å².